The van der Waals surface area contributed by atoms with E-state index in [9.17, 15) is 33.6 Å². The number of benzene rings is 2. The number of ether oxygens (including phenoxy) is 1. The molecule has 0 fully saturated rings. The highest BCUT2D eigenvalue weighted by Crippen LogP contribution is 2.29. The van der Waals surface area contributed by atoms with Crippen molar-refractivity contribution in [2.24, 2.45) is 0 Å². The highest BCUT2D eigenvalue weighted by atomic mass is 32.1. The molecule has 2 bridgehead atoms. The molecular formula is C41H46N10O8S. The maximum absolute atomic E-state index is 14.4. The molecule has 0 radical (unpaired) electrons. The molecule has 4 atom stereocenters. The van der Waals surface area contributed by atoms with E-state index in [0.29, 0.717) is 21.7 Å². The summed E-state index contributed by atoms with van der Waals surface area (Å²) in [5, 5.41) is 19.3. The first kappa shape index (κ1) is 42.6. The molecule has 1 aliphatic heterocycles. The van der Waals surface area contributed by atoms with Gasteiger partial charge in [0.25, 0.3) is 11.8 Å². The van der Waals surface area contributed by atoms with E-state index >= 15 is 0 Å². The third-order valence-corrected chi connectivity index (χ3v) is 11.0. The lowest BCUT2D eigenvalue weighted by atomic mass is 10.0. The maximum Gasteiger partial charge on any atom is 0.271 e. The lowest BCUT2D eigenvalue weighted by Crippen LogP contribution is -2.56. The molecule has 314 valence electrons. The van der Waals surface area contributed by atoms with Crippen LogP contribution in [0.5, 0.6) is 5.75 Å². The van der Waals surface area contributed by atoms with Gasteiger partial charge in [0.15, 0.2) is 0 Å². The number of nitrogens with zero attached hydrogens (tertiary/aromatic N) is 2. The predicted octanol–water partition coefficient (Wildman–Crippen LogP) is 1.47. The number of hydrogen-bond acceptors (Lipinski definition) is 10. The highest BCUT2D eigenvalue weighted by Gasteiger charge is 2.31. The zero-order valence-corrected chi connectivity index (χ0v) is 34.2. The fourth-order valence-corrected chi connectivity index (χ4v) is 7.66. The van der Waals surface area contributed by atoms with Crippen molar-refractivity contribution in [3.63, 3.8) is 0 Å². The SMILES string of the molecule is C=C1NC(=O)C(CC)NC(=O)CNC(=O)C(Cc2c[nH]c3cccc(OC)c23)NC(=O)C(Cc2c[nH]c3ccccc23)NC(=O)c2csc(n2)C(C)NC(=O)CN(C)C1=O. The van der Waals surface area contributed by atoms with E-state index < -0.39 is 78.6 Å². The first-order valence-electron chi connectivity index (χ1n) is 19.1. The first-order chi connectivity index (χ1) is 28.8. The van der Waals surface area contributed by atoms with Crippen molar-refractivity contribution in [2.75, 3.05) is 27.2 Å². The van der Waals surface area contributed by atoms with E-state index in [1.165, 1.54) is 19.5 Å². The molecule has 6 rings (SSSR count). The number of methoxy groups -OCH3 is 1. The normalized spacial score (nSPS) is 20.8. The van der Waals surface area contributed by atoms with E-state index in [4.69, 9.17) is 4.74 Å². The second-order valence-electron chi connectivity index (χ2n) is 14.3. The van der Waals surface area contributed by atoms with Crippen molar-refractivity contribution >= 4 is 74.5 Å². The molecule has 60 heavy (non-hydrogen) atoms. The molecule has 7 amide bonds. The minimum absolute atomic E-state index is 0.0156. The zero-order chi connectivity index (χ0) is 43.1. The van der Waals surface area contributed by atoms with Gasteiger partial charge in [-0.15, -0.1) is 11.3 Å². The second kappa shape index (κ2) is 18.7. The molecule has 19 heteroatoms. The van der Waals surface area contributed by atoms with Crippen LogP contribution in [0.2, 0.25) is 0 Å². The average Bonchev–Trinajstić information content (AvgIpc) is 4.00. The van der Waals surface area contributed by atoms with Crippen molar-refractivity contribution in [1.29, 1.82) is 0 Å². The number of hydrogen-bond donors (Lipinski definition) is 8. The summed E-state index contributed by atoms with van der Waals surface area (Å²) in [5.74, 6) is -4.34. The Morgan fingerprint density at radius 3 is 2.28 bits per heavy atom. The minimum Gasteiger partial charge on any atom is -0.496 e. The van der Waals surface area contributed by atoms with E-state index in [2.05, 4.69) is 53.4 Å². The van der Waals surface area contributed by atoms with Gasteiger partial charge in [0, 0.05) is 59.5 Å². The number of aromatic nitrogens is 3. The number of H-pyrrole nitrogens is 2. The summed E-state index contributed by atoms with van der Waals surface area (Å²) < 4.78 is 5.60. The van der Waals surface area contributed by atoms with Gasteiger partial charge in [0.05, 0.1) is 31.9 Å². The summed E-state index contributed by atoms with van der Waals surface area (Å²) in [6, 6.07) is 8.56. The number of nitrogens with one attached hydrogen (secondary N) is 8. The van der Waals surface area contributed by atoms with Crippen LogP contribution in [0.3, 0.4) is 0 Å². The Kier molecular flexibility index (Phi) is 13.3. The van der Waals surface area contributed by atoms with Gasteiger partial charge in [0.2, 0.25) is 29.5 Å². The molecular weight excluding hydrogens is 793 g/mol. The fraction of sp³-hybridized carbons (Fsp3) is 0.317. The van der Waals surface area contributed by atoms with Crippen LogP contribution >= 0.6 is 11.3 Å². The second-order valence-corrected chi connectivity index (χ2v) is 15.2. The standard InChI is InChI=1S/C41H46N10O8S/c1-6-26-37(55)46-22(3)41(58)51(4)19-34(53)45-21(2)40-50-31(20-60-40)39(57)49-30(14-23-16-42-27-11-8-7-10-25(23)27)38(56)48-29(36(54)44-18-33(52)47-26)15-24-17-43-28-12-9-13-32(59-5)35(24)28/h7-13,16-17,20-21,26,29-30,42-43H,3,6,14-15,18-19H2,1-2,4-5H3,(H,44,54)(H,45,53)(H,46,55)(H,47,52)(H,48,56)(H,49,57). The molecule has 0 saturated carbocycles. The average molecular weight is 839 g/mol. The molecule has 4 heterocycles. The van der Waals surface area contributed by atoms with E-state index in [0.717, 1.165) is 38.2 Å². The number of likely N-dealkylation sites (N-methyl/N-ethyl adjacent to an activating group) is 1. The van der Waals surface area contributed by atoms with E-state index in [1.54, 1.807) is 38.4 Å². The highest BCUT2D eigenvalue weighted by molar-refractivity contribution is 7.09. The van der Waals surface area contributed by atoms with Gasteiger partial charge in [-0.05, 0) is 42.7 Å². The predicted molar refractivity (Wildman–Crippen MR) is 223 cm³/mol. The number of thiazole rings is 1. The number of amides is 7. The van der Waals surface area contributed by atoms with Gasteiger partial charge in [-0.1, -0.05) is 37.8 Å². The van der Waals surface area contributed by atoms with Crippen LogP contribution in [0.15, 0.2) is 72.5 Å². The Morgan fingerprint density at radius 1 is 0.817 bits per heavy atom. The van der Waals surface area contributed by atoms with Crippen LogP contribution in [0.25, 0.3) is 21.8 Å². The Labute approximate surface area is 348 Å². The number of carbonyl (C=O) groups is 7. The summed E-state index contributed by atoms with van der Waals surface area (Å²) in [6.07, 6.45) is 3.51. The van der Waals surface area contributed by atoms with Gasteiger partial charge >= 0.3 is 0 Å². The van der Waals surface area contributed by atoms with Gasteiger partial charge in [0.1, 0.15) is 34.6 Å². The number of carbonyl (C=O) groups excluding carboxylic acids is 7. The Bertz CT molecular complexity index is 2470. The number of para-hydroxylation sites is 1. The lowest BCUT2D eigenvalue weighted by molar-refractivity contribution is -0.134. The Hall–Kier alpha value is -7.02. The Morgan fingerprint density at radius 2 is 1.52 bits per heavy atom. The van der Waals surface area contributed by atoms with Crippen molar-refractivity contribution in [1.82, 2.24) is 51.8 Å². The quantitative estimate of drug-likeness (QED) is 0.115. The molecule has 4 unspecified atom stereocenters. The first-order valence-corrected chi connectivity index (χ1v) is 20.0. The Balaban J connectivity index is 1.35. The van der Waals surface area contributed by atoms with Crippen LogP contribution in [0.4, 0.5) is 0 Å². The summed E-state index contributed by atoms with van der Waals surface area (Å²) >= 11 is 1.11. The third-order valence-electron chi connectivity index (χ3n) is 9.99. The van der Waals surface area contributed by atoms with Crippen LogP contribution in [-0.2, 0) is 41.6 Å². The molecule has 0 aliphatic carbocycles. The number of rotatable bonds is 6. The van der Waals surface area contributed by atoms with Gasteiger partial charge in [-0.3, -0.25) is 33.6 Å². The van der Waals surface area contributed by atoms with Crippen LogP contribution in [0, 0.1) is 0 Å². The van der Waals surface area contributed by atoms with Crippen molar-refractivity contribution in [3.8, 4) is 5.75 Å². The molecule has 5 aromatic rings. The van der Waals surface area contributed by atoms with E-state index in [1.807, 2.05) is 30.3 Å². The summed E-state index contributed by atoms with van der Waals surface area (Å²) in [6.45, 7) is 5.95. The van der Waals surface area contributed by atoms with Crippen LogP contribution in [0.1, 0.15) is 52.9 Å². The maximum atomic E-state index is 14.4. The molecule has 0 saturated heterocycles. The summed E-state index contributed by atoms with van der Waals surface area (Å²) in [4.78, 5) is 106. The smallest absolute Gasteiger partial charge is 0.271 e. The van der Waals surface area contributed by atoms with Crippen LogP contribution in [-0.4, -0.2) is 107 Å². The van der Waals surface area contributed by atoms with Crippen molar-refractivity contribution < 1.29 is 38.3 Å². The zero-order valence-electron chi connectivity index (χ0n) is 33.4. The summed E-state index contributed by atoms with van der Waals surface area (Å²) in [5.41, 5.74) is 2.53. The topological polar surface area (TPSA) is 249 Å². The monoisotopic (exact) mass is 838 g/mol. The van der Waals surface area contributed by atoms with Gasteiger partial charge in [-0.25, -0.2) is 4.98 Å². The number of aromatic amines is 2. The largest absolute Gasteiger partial charge is 0.496 e. The molecule has 3 aromatic heterocycles. The van der Waals surface area contributed by atoms with Crippen LogP contribution < -0.4 is 36.6 Å². The molecule has 1 aliphatic rings. The molecule has 2 aromatic carbocycles. The summed E-state index contributed by atoms with van der Waals surface area (Å²) in [7, 11) is 2.87. The van der Waals surface area contributed by atoms with Crippen molar-refractivity contribution in [2.45, 2.75) is 57.3 Å². The van der Waals surface area contributed by atoms with Gasteiger partial charge < -0.3 is 51.5 Å². The molecule has 0 spiro atoms. The van der Waals surface area contributed by atoms with Crippen molar-refractivity contribution in [3.05, 3.63) is 94.3 Å². The van der Waals surface area contributed by atoms with E-state index in [-0.39, 0.29) is 30.7 Å². The molecule has 8 N–H and O–H groups in total. The minimum atomic E-state index is -1.28. The number of fused-ring (bicyclic) bond motifs is 4. The third kappa shape index (κ3) is 9.80. The lowest BCUT2D eigenvalue weighted by Gasteiger charge is -2.24. The fourth-order valence-electron chi connectivity index (χ4n) is 6.85. The molecule has 18 nitrogen and oxygen atoms in total. The van der Waals surface area contributed by atoms with Gasteiger partial charge in [-0.2, -0.15) is 0 Å².